The van der Waals surface area contributed by atoms with Gasteiger partial charge in [-0.15, -0.1) is 0 Å². The van der Waals surface area contributed by atoms with Crippen LogP contribution >= 0.6 is 0 Å². The van der Waals surface area contributed by atoms with Crippen LogP contribution in [0.5, 0.6) is 0 Å². The number of fused-ring (bicyclic) bond motifs is 1. The molecule has 0 aromatic heterocycles. The van der Waals surface area contributed by atoms with Crippen molar-refractivity contribution in [2.45, 2.75) is 63.8 Å². The van der Waals surface area contributed by atoms with E-state index in [1.807, 2.05) is 27.8 Å². The SMILES string of the molecule is CN(CC1C2CC2N1C1CC1)C(=O)OC(C)(C)C. The van der Waals surface area contributed by atoms with Gasteiger partial charge >= 0.3 is 6.09 Å². The fourth-order valence-electron chi connectivity index (χ4n) is 3.16. The van der Waals surface area contributed by atoms with Crippen LogP contribution in [0.3, 0.4) is 0 Å². The van der Waals surface area contributed by atoms with E-state index in [4.69, 9.17) is 4.74 Å². The van der Waals surface area contributed by atoms with Gasteiger partial charge in [0.05, 0.1) is 0 Å². The molecule has 18 heavy (non-hydrogen) atoms. The van der Waals surface area contributed by atoms with Gasteiger partial charge in [0.2, 0.25) is 0 Å². The second-order valence-corrected chi connectivity index (χ2v) is 7.07. The summed E-state index contributed by atoms with van der Waals surface area (Å²) >= 11 is 0. The lowest BCUT2D eigenvalue weighted by Crippen LogP contribution is -2.56. The third-order valence-corrected chi connectivity index (χ3v) is 4.20. The Morgan fingerprint density at radius 2 is 2.06 bits per heavy atom. The number of hydrogen-bond acceptors (Lipinski definition) is 3. The molecule has 0 bridgehead atoms. The van der Waals surface area contributed by atoms with Crippen molar-refractivity contribution in [1.82, 2.24) is 9.80 Å². The normalized spacial score (nSPS) is 34.6. The van der Waals surface area contributed by atoms with E-state index in [0.29, 0.717) is 6.04 Å². The van der Waals surface area contributed by atoms with Crippen LogP contribution in [0.1, 0.15) is 40.0 Å². The molecule has 0 aromatic rings. The van der Waals surface area contributed by atoms with Gasteiger partial charge in [0.25, 0.3) is 0 Å². The zero-order chi connectivity index (χ0) is 13.1. The fourth-order valence-corrected chi connectivity index (χ4v) is 3.16. The summed E-state index contributed by atoms with van der Waals surface area (Å²) in [6.07, 6.45) is 3.87. The summed E-state index contributed by atoms with van der Waals surface area (Å²) in [6, 6.07) is 2.28. The Morgan fingerprint density at radius 1 is 1.39 bits per heavy atom. The summed E-state index contributed by atoms with van der Waals surface area (Å²) in [5.74, 6) is 0.857. The molecule has 1 aliphatic heterocycles. The number of carbonyl (C=O) groups excluding carboxylic acids is 1. The highest BCUT2D eigenvalue weighted by atomic mass is 16.6. The summed E-state index contributed by atoms with van der Waals surface area (Å²) in [7, 11) is 1.86. The van der Waals surface area contributed by atoms with E-state index in [2.05, 4.69) is 4.90 Å². The molecule has 102 valence electrons. The molecule has 4 heteroatoms. The van der Waals surface area contributed by atoms with Gasteiger partial charge in [-0.2, -0.15) is 0 Å². The van der Waals surface area contributed by atoms with Gasteiger partial charge in [0.1, 0.15) is 5.60 Å². The molecule has 3 atom stereocenters. The van der Waals surface area contributed by atoms with Crippen LogP contribution in [0.4, 0.5) is 4.79 Å². The highest BCUT2D eigenvalue weighted by Crippen LogP contribution is 2.56. The van der Waals surface area contributed by atoms with E-state index in [1.165, 1.54) is 19.3 Å². The topological polar surface area (TPSA) is 32.8 Å². The molecule has 4 nitrogen and oxygen atoms in total. The van der Waals surface area contributed by atoms with E-state index in [1.54, 1.807) is 4.90 Å². The molecule has 0 N–H and O–H groups in total. The number of amides is 1. The maximum Gasteiger partial charge on any atom is 0.410 e. The molecule has 0 aromatic carbocycles. The van der Waals surface area contributed by atoms with Crippen molar-refractivity contribution in [3.63, 3.8) is 0 Å². The Balaban J connectivity index is 1.51. The number of likely N-dealkylation sites (N-methyl/N-ethyl adjacent to an activating group) is 1. The van der Waals surface area contributed by atoms with E-state index in [-0.39, 0.29) is 6.09 Å². The summed E-state index contributed by atoms with van der Waals surface area (Å²) in [6.45, 7) is 6.56. The lowest BCUT2D eigenvalue weighted by atomic mass is 10.0. The first-order chi connectivity index (χ1) is 8.37. The van der Waals surface area contributed by atoms with Crippen molar-refractivity contribution in [2.75, 3.05) is 13.6 Å². The van der Waals surface area contributed by atoms with Gasteiger partial charge < -0.3 is 9.64 Å². The van der Waals surface area contributed by atoms with Crippen LogP contribution in [0.25, 0.3) is 0 Å². The highest BCUT2D eigenvalue weighted by Gasteiger charge is 2.63. The van der Waals surface area contributed by atoms with Gasteiger partial charge in [-0.1, -0.05) is 0 Å². The molecule has 3 aliphatic rings. The van der Waals surface area contributed by atoms with Crippen molar-refractivity contribution < 1.29 is 9.53 Å². The van der Waals surface area contributed by atoms with Crippen molar-refractivity contribution in [3.05, 3.63) is 0 Å². The van der Waals surface area contributed by atoms with Gasteiger partial charge in [-0.05, 0) is 46.0 Å². The Labute approximate surface area is 109 Å². The first-order valence-corrected chi connectivity index (χ1v) is 7.08. The van der Waals surface area contributed by atoms with Crippen LogP contribution in [-0.2, 0) is 4.74 Å². The summed E-state index contributed by atoms with van der Waals surface area (Å²) < 4.78 is 5.40. The number of hydrogen-bond donors (Lipinski definition) is 0. The smallest absolute Gasteiger partial charge is 0.410 e. The Hall–Kier alpha value is -0.770. The molecule has 0 spiro atoms. The Morgan fingerprint density at radius 3 is 2.61 bits per heavy atom. The Kier molecular flexibility index (Phi) is 2.63. The Bertz CT molecular complexity index is 357. The van der Waals surface area contributed by atoms with E-state index < -0.39 is 5.60 Å². The van der Waals surface area contributed by atoms with Gasteiger partial charge in [0.15, 0.2) is 0 Å². The molecule has 3 fully saturated rings. The monoisotopic (exact) mass is 252 g/mol. The van der Waals surface area contributed by atoms with E-state index >= 15 is 0 Å². The predicted molar refractivity (Wildman–Crippen MR) is 69.4 cm³/mol. The number of rotatable bonds is 3. The van der Waals surface area contributed by atoms with Crippen molar-refractivity contribution in [3.8, 4) is 0 Å². The third-order valence-electron chi connectivity index (χ3n) is 4.20. The first-order valence-electron chi connectivity index (χ1n) is 7.08. The number of likely N-dealkylation sites (tertiary alicyclic amines) is 1. The summed E-state index contributed by atoms with van der Waals surface area (Å²) in [4.78, 5) is 16.3. The number of carbonyl (C=O) groups is 1. The van der Waals surface area contributed by atoms with Crippen LogP contribution in [0, 0.1) is 5.92 Å². The average Bonchev–Trinajstić information content (AvgIpc) is 3.09. The van der Waals surface area contributed by atoms with Crippen molar-refractivity contribution in [1.29, 1.82) is 0 Å². The molecule has 3 unspecified atom stereocenters. The number of nitrogens with zero attached hydrogens (tertiary/aromatic N) is 2. The molecule has 2 saturated carbocycles. The standard InChI is InChI=1S/C14H24N2O2/c1-14(2,3)18-13(17)15(4)8-12-10-7-11(10)16(12)9-5-6-9/h9-12H,5-8H2,1-4H3. The largest absolute Gasteiger partial charge is 0.444 e. The molecule has 1 saturated heterocycles. The van der Waals surface area contributed by atoms with Crippen LogP contribution in [-0.4, -0.2) is 53.2 Å². The molecular weight excluding hydrogens is 228 g/mol. The van der Waals surface area contributed by atoms with Gasteiger partial charge in [0, 0.05) is 31.7 Å². The minimum absolute atomic E-state index is 0.192. The minimum atomic E-state index is -0.400. The maximum absolute atomic E-state index is 11.9. The highest BCUT2D eigenvalue weighted by molar-refractivity contribution is 5.67. The second-order valence-electron chi connectivity index (χ2n) is 7.07. The summed E-state index contributed by atoms with van der Waals surface area (Å²) in [5.41, 5.74) is -0.400. The van der Waals surface area contributed by atoms with Crippen LogP contribution in [0.2, 0.25) is 0 Å². The second kappa shape index (κ2) is 3.86. The average molecular weight is 252 g/mol. The predicted octanol–water partition coefficient (Wildman–Crippen LogP) is 2.09. The van der Waals surface area contributed by atoms with Crippen LogP contribution in [0.15, 0.2) is 0 Å². The molecule has 3 rings (SSSR count). The molecule has 1 amide bonds. The van der Waals surface area contributed by atoms with E-state index in [0.717, 1.165) is 24.5 Å². The lowest BCUT2D eigenvalue weighted by Gasteiger charge is -2.42. The zero-order valence-electron chi connectivity index (χ0n) is 11.8. The van der Waals surface area contributed by atoms with Gasteiger partial charge in [-0.3, -0.25) is 4.90 Å². The fraction of sp³-hybridized carbons (Fsp3) is 0.929. The zero-order valence-corrected chi connectivity index (χ0v) is 11.8. The third kappa shape index (κ3) is 2.22. The van der Waals surface area contributed by atoms with Gasteiger partial charge in [-0.25, -0.2) is 4.79 Å². The quantitative estimate of drug-likeness (QED) is 0.771. The molecule has 2 aliphatic carbocycles. The molecule has 1 heterocycles. The van der Waals surface area contributed by atoms with Crippen molar-refractivity contribution in [2.24, 2.45) is 5.92 Å². The lowest BCUT2D eigenvalue weighted by molar-refractivity contribution is 0.00864. The first kappa shape index (κ1) is 12.3. The molecular formula is C14H24N2O2. The number of ether oxygens (including phenoxy) is 1. The van der Waals surface area contributed by atoms with Crippen molar-refractivity contribution >= 4 is 6.09 Å². The minimum Gasteiger partial charge on any atom is -0.444 e. The molecule has 0 radical (unpaired) electrons. The maximum atomic E-state index is 11.9. The summed E-state index contributed by atoms with van der Waals surface area (Å²) in [5, 5.41) is 0. The van der Waals surface area contributed by atoms with E-state index in [9.17, 15) is 4.79 Å². The van der Waals surface area contributed by atoms with Crippen LogP contribution < -0.4 is 0 Å².